The highest BCUT2D eigenvalue weighted by molar-refractivity contribution is 5.79. The molecular weight excluding hydrogens is 224 g/mol. The van der Waals surface area contributed by atoms with Crippen LogP contribution in [0.1, 0.15) is 17.3 Å². The van der Waals surface area contributed by atoms with Gasteiger partial charge in [-0.25, -0.2) is 4.98 Å². The van der Waals surface area contributed by atoms with E-state index in [2.05, 4.69) is 16.0 Å². The van der Waals surface area contributed by atoms with E-state index in [-0.39, 0.29) is 6.04 Å². The zero-order valence-corrected chi connectivity index (χ0v) is 10.1. The van der Waals surface area contributed by atoms with E-state index in [0.29, 0.717) is 0 Å². The first kappa shape index (κ1) is 10.9. The predicted octanol–water partition coefficient (Wildman–Crippen LogP) is 2.02. The van der Waals surface area contributed by atoms with E-state index in [1.807, 2.05) is 42.1 Å². The van der Waals surface area contributed by atoms with Crippen molar-refractivity contribution in [1.29, 1.82) is 0 Å². The Kier molecular flexibility index (Phi) is 2.57. The molecule has 2 N–H and O–H groups in total. The predicted molar refractivity (Wildman–Crippen MR) is 71.0 cm³/mol. The van der Waals surface area contributed by atoms with Crippen molar-refractivity contribution >= 4 is 10.9 Å². The first-order valence-corrected chi connectivity index (χ1v) is 5.82. The summed E-state index contributed by atoms with van der Waals surface area (Å²) in [6, 6.07) is 9.84. The third kappa shape index (κ3) is 1.87. The molecule has 4 heteroatoms. The monoisotopic (exact) mass is 238 g/mol. The molecule has 18 heavy (non-hydrogen) atoms. The van der Waals surface area contributed by atoms with E-state index in [1.165, 1.54) is 0 Å². The molecule has 1 aromatic carbocycles. The topological polar surface area (TPSA) is 56.7 Å². The van der Waals surface area contributed by atoms with Gasteiger partial charge < -0.3 is 10.3 Å². The van der Waals surface area contributed by atoms with Crippen molar-refractivity contribution in [3.8, 4) is 0 Å². The fourth-order valence-electron chi connectivity index (χ4n) is 2.05. The lowest BCUT2D eigenvalue weighted by molar-refractivity contribution is 0.836. The fourth-order valence-corrected chi connectivity index (χ4v) is 2.05. The number of aryl methyl sites for hydroxylation is 1. The lowest BCUT2D eigenvalue weighted by atomic mass is 10.0. The smallest absolute Gasteiger partial charge is 0.0947 e. The molecule has 4 nitrogen and oxygen atoms in total. The molecule has 3 rings (SSSR count). The third-order valence-corrected chi connectivity index (χ3v) is 3.03. The van der Waals surface area contributed by atoms with Crippen LogP contribution in [0, 0.1) is 0 Å². The van der Waals surface area contributed by atoms with Crippen LogP contribution in [-0.4, -0.2) is 14.5 Å². The van der Waals surface area contributed by atoms with Crippen molar-refractivity contribution in [3.63, 3.8) is 0 Å². The maximum atomic E-state index is 6.22. The molecular formula is C14H14N4. The second-order valence-electron chi connectivity index (χ2n) is 4.40. The second-order valence-corrected chi connectivity index (χ2v) is 4.40. The van der Waals surface area contributed by atoms with Crippen molar-refractivity contribution in [2.75, 3.05) is 0 Å². The average molecular weight is 238 g/mol. The Bertz CT molecular complexity index is 687. The largest absolute Gasteiger partial charge is 0.340 e. The zero-order valence-electron chi connectivity index (χ0n) is 10.1. The normalized spacial score (nSPS) is 12.8. The first-order chi connectivity index (χ1) is 8.74. The van der Waals surface area contributed by atoms with E-state index in [0.717, 1.165) is 22.2 Å². The molecule has 2 aromatic heterocycles. The Morgan fingerprint density at radius 1 is 1.22 bits per heavy atom. The third-order valence-electron chi connectivity index (χ3n) is 3.03. The average Bonchev–Trinajstić information content (AvgIpc) is 2.84. The Hall–Kier alpha value is -2.20. The highest BCUT2D eigenvalue weighted by Gasteiger charge is 2.11. The molecule has 0 aliphatic heterocycles. The number of hydrogen-bond donors (Lipinski definition) is 1. The molecule has 0 aliphatic carbocycles. The first-order valence-electron chi connectivity index (χ1n) is 5.82. The van der Waals surface area contributed by atoms with Crippen molar-refractivity contribution in [2.45, 2.75) is 6.04 Å². The summed E-state index contributed by atoms with van der Waals surface area (Å²) >= 11 is 0. The van der Waals surface area contributed by atoms with Gasteiger partial charge in [0.15, 0.2) is 0 Å². The standard InChI is InChI=1S/C14H14N4/c1-18-8-13(17-9-18)14(15)11-4-5-12-10(7-11)3-2-6-16-12/h2-9,14H,15H2,1H3. The van der Waals surface area contributed by atoms with E-state index >= 15 is 0 Å². The molecule has 3 aromatic rings. The van der Waals surface area contributed by atoms with Gasteiger partial charge in [-0.2, -0.15) is 0 Å². The summed E-state index contributed by atoms with van der Waals surface area (Å²) in [4.78, 5) is 8.59. The van der Waals surface area contributed by atoms with E-state index in [1.54, 1.807) is 12.5 Å². The molecule has 0 saturated heterocycles. The number of pyridine rings is 1. The Morgan fingerprint density at radius 3 is 2.89 bits per heavy atom. The molecule has 1 unspecified atom stereocenters. The SMILES string of the molecule is Cn1cnc(C(N)c2ccc3ncccc3c2)c1. The number of fused-ring (bicyclic) bond motifs is 1. The maximum absolute atomic E-state index is 6.22. The number of hydrogen-bond acceptors (Lipinski definition) is 3. The molecule has 0 fully saturated rings. The molecule has 0 amide bonds. The highest BCUT2D eigenvalue weighted by atomic mass is 15.0. The number of nitrogens with two attached hydrogens (primary N) is 1. The van der Waals surface area contributed by atoms with Gasteiger partial charge in [0, 0.05) is 24.8 Å². The second kappa shape index (κ2) is 4.23. The van der Waals surface area contributed by atoms with Crippen LogP contribution in [-0.2, 0) is 7.05 Å². The minimum Gasteiger partial charge on any atom is -0.340 e. The summed E-state index contributed by atoms with van der Waals surface area (Å²) in [6.07, 6.45) is 5.50. The van der Waals surface area contributed by atoms with Gasteiger partial charge in [0.05, 0.1) is 23.6 Å². The minimum absolute atomic E-state index is 0.198. The molecule has 2 heterocycles. The van der Waals surface area contributed by atoms with Gasteiger partial charge in [0.1, 0.15) is 0 Å². The summed E-state index contributed by atoms with van der Waals surface area (Å²) in [5, 5.41) is 1.10. The molecule has 1 atom stereocenters. The fraction of sp³-hybridized carbons (Fsp3) is 0.143. The number of aromatic nitrogens is 3. The Balaban J connectivity index is 2.03. The van der Waals surface area contributed by atoms with Gasteiger partial charge in [0.2, 0.25) is 0 Å². The van der Waals surface area contributed by atoms with Gasteiger partial charge in [-0.3, -0.25) is 4.98 Å². The summed E-state index contributed by atoms with van der Waals surface area (Å²) in [5.74, 6) is 0. The highest BCUT2D eigenvalue weighted by Crippen LogP contribution is 2.21. The van der Waals surface area contributed by atoms with Crippen LogP contribution in [0.4, 0.5) is 0 Å². The zero-order chi connectivity index (χ0) is 12.5. The molecule has 0 saturated carbocycles. The van der Waals surface area contributed by atoms with Crippen LogP contribution >= 0.6 is 0 Å². The van der Waals surface area contributed by atoms with Crippen LogP contribution < -0.4 is 5.73 Å². The molecule has 0 bridgehead atoms. The van der Waals surface area contributed by atoms with Crippen LogP contribution in [0.3, 0.4) is 0 Å². The van der Waals surface area contributed by atoms with E-state index in [4.69, 9.17) is 5.73 Å². The number of imidazole rings is 1. The minimum atomic E-state index is -0.198. The summed E-state index contributed by atoms with van der Waals surface area (Å²) in [5.41, 5.74) is 9.13. The van der Waals surface area contributed by atoms with Crippen LogP contribution in [0.25, 0.3) is 10.9 Å². The van der Waals surface area contributed by atoms with E-state index in [9.17, 15) is 0 Å². The van der Waals surface area contributed by atoms with Gasteiger partial charge in [-0.1, -0.05) is 12.1 Å². The summed E-state index contributed by atoms with van der Waals surface area (Å²) in [6.45, 7) is 0. The van der Waals surface area contributed by atoms with Crippen molar-refractivity contribution in [1.82, 2.24) is 14.5 Å². The number of rotatable bonds is 2. The van der Waals surface area contributed by atoms with Crippen molar-refractivity contribution < 1.29 is 0 Å². The Morgan fingerprint density at radius 2 is 2.11 bits per heavy atom. The lowest BCUT2D eigenvalue weighted by Gasteiger charge is -2.10. The van der Waals surface area contributed by atoms with Gasteiger partial charge in [0.25, 0.3) is 0 Å². The molecule has 0 spiro atoms. The summed E-state index contributed by atoms with van der Waals surface area (Å²) in [7, 11) is 1.94. The lowest BCUT2D eigenvalue weighted by Crippen LogP contribution is -2.12. The van der Waals surface area contributed by atoms with Gasteiger partial charge >= 0.3 is 0 Å². The van der Waals surface area contributed by atoms with Gasteiger partial charge in [-0.15, -0.1) is 0 Å². The summed E-state index contributed by atoms with van der Waals surface area (Å²) < 4.78 is 1.90. The van der Waals surface area contributed by atoms with E-state index < -0.39 is 0 Å². The molecule has 90 valence electrons. The van der Waals surface area contributed by atoms with Crippen LogP contribution in [0.15, 0.2) is 49.1 Å². The molecule has 0 radical (unpaired) electrons. The maximum Gasteiger partial charge on any atom is 0.0947 e. The van der Waals surface area contributed by atoms with Crippen molar-refractivity contribution in [2.24, 2.45) is 12.8 Å². The number of benzene rings is 1. The van der Waals surface area contributed by atoms with Gasteiger partial charge in [-0.05, 0) is 23.8 Å². The van der Waals surface area contributed by atoms with Crippen molar-refractivity contribution in [3.05, 3.63) is 60.3 Å². The van der Waals surface area contributed by atoms with Crippen LogP contribution in [0.2, 0.25) is 0 Å². The Labute approximate surface area is 105 Å². The van der Waals surface area contributed by atoms with Crippen LogP contribution in [0.5, 0.6) is 0 Å². The molecule has 0 aliphatic rings. The number of nitrogens with zero attached hydrogens (tertiary/aromatic N) is 3. The quantitative estimate of drug-likeness (QED) is 0.743.